The quantitative estimate of drug-likeness (QED) is 0.187. The van der Waals surface area contributed by atoms with E-state index in [1.165, 1.54) is 51.5 Å². The fourth-order valence-corrected chi connectivity index (χ4v) is 9.65. The van der Waals surface area contributed by atoms with Gasteiger partial charge in [-0.1, -0.05) is 84.9 Å². The molecule has 0 N–H and O–H groups in total. The zero-order valence-corrected chi connectivity index (χ0v) is 24.1. The van der Waals surface area contributed by atoms with E-state index in [1.54, 1.807) is 11.3 Å². The van der Waals surface area contributed by atoms with E-state index in [0.717, 1.165) is 31.3 Å². The average Bonchev–Trinajstić information content (AvgIpc) is 3.60. The summed E-state index contributed by atoms with van der Waals surface area (Å²) in [6.07, 6.45) is 0. The highest BCUT2D eigenvalue weighted by Gasteiger charge is 2.15. The van der Waals surface area contributed by atoms with Crippen LogP contribution < -0.4 is 5.43 Å². The number of thiophene rings is 2. The third kappa shape index (κ3) is 3.48. The molecule has 6 aromatic carbocycles. The first kappa shape index (κ1) is 23.4. The van der Waals surface area contributed by atoms with Gasteiger partial charge in [0, 0.05) is 60.5 Å². The molecule has 41 heavy (non-hydrogen) atoms. The first-order valence-corrected chi connectivity index (χ1v) is 16.0. The minimum atomic E-state index is 0.101. The van der Waals surface area contributed by atoms with Gasteiger partial charge in [0.05, 0.1) is 0 Å². The fraction of sp³-hybridized carbons (Fsp3) is 0. The first-order valence-electron chi connectivity index (χ1n) is 13.5. The molecule has 0 radical (unpaired) electrons. The van der Waals surface area contributed by atoms with Crippen LogP contribution in [0, 0.1) is 0 Å². The Hall–Kier alpha value is -4.35. The van der Waals surface area contributed by atoms with Gasteiger partial charge < -0.3 is 0 Å². The summed E-state index contributed by atoms with van der Waals surface area (Å²) in [5.41, 5.74) is 4.64. The monoisotopic (exact) mass is 576 g/mol. The van der Waals surface area contributed by atoms with Gasteiger partial charge in [-0.15, -0.1) is 34.0 Å². The number of hydrogen-bond acceptors (Lipinski definition) is 4. The van der Waals surface area contributed by atoms with Crippen LogP contribution >= 0.6 is 34.0 Å². The van der Waals surface area contributed by atoms with Crippen molar-refractivity contribution in [1.29, 1.82) is 0 Å². The Labute approximate surface area is 247 Å². The molecule has 0 atom stereocenters. The van der Waals surface area contributed by atoms with Gasteiger partial charge in [-0.3, -0.25) is 4.79 Å². The normalized spacial score (nSPS) is 12.0. The van der Waals surface area contributed by atoms with E-state index < -0.39 is 0 Å². The molecular formula is C37H20OS3. The zero-order valence-electron chi connectivity index (χ0n) is 21.7. The third-order valence-corrected chi connectivity index (χ3v) is 11.7. The molecule has 0 aliphatic carbocycles. The van der Waals surface area contributed by atoms with E-state index in [4.69, 9.17) is 0 Å². The van der Waals surface area contributed by atoms with Gasteiger partial charge in [-0.25, -0.2) is 0 Å². The van der Waals surface area contributed by atoms with E-state index in [0.29, 0.717) is 0 Å². The summed E-state index contributed by atoms with van der Waals surface area (Å²) in [4.78, 5) is 14.1. The van der Waals surface area contributed by atoms with Crippen molar-refractivity contribution >= 4 is 94.5 Å². The molecule has 4 heteroatoms. The van der Waals surface area contributed by atoms with Gasteiger partial charge in [0.2, 0.25) is 0 Å². The molecule has 0 saturated heterocycles. The predicted molar refractivity (Wildman–Crippen MR) is 182 cm³/mol. The maximum Gasteiger partial charge on any atom is 0.195 e. The second-order valence-corrected chi connectivity index (χ2v) is 13.6. The SMILES string of the molecule is O=c1c2cc(-c3cccc4c3sc3ccccc34)ccc2sc2ccc(-c3cccc4c3sc3ccccc34)cc12. The van der Waals surface area contributed by atoms with E-state index in [1.807, 2.05) is 22.7 Å². The van der Waals surface area contributed by atoms with Gasteiger partial charge in [0.1, 0.15) is 0 Å². The zero-order chi connectivity index (χ0) is 27.1. The average molecular weight is 577 g/mol. The van der Waals surface area contributed by atoms with Crippen LogP contribution in [0.4, 0.5) is 0 Å². The van der Waals surface area contributed by atoms with Gasteiger partial charge in [0.25, 0.3) is 0 Å². The molecule has 192 valence electrons. The van der Waals surface area contributed by atoms with Gasteiger partial charge in [0.15, 0.2) is 5.43 Å². The summed E-state index contributed by atoms with van der Waals surface area (Å²) >= 11 is 5.34. The summed E-state index contributed by atoms with van der Waals surface area (Å²) in [7, 11) is 0. The van der Waals surface area contributed by atoms with Crippen LogP contribution in [0.25, 0.3) is 82.8 Å². The molecular weight excluding hydrogens is 557 g/mol. The standard InChI is InChI=1S/C37H20OS3/c38-35-29-19-21(23-9-5-11-27-25-7-1-3-13-31(25)40-36(23)27)15-17-33(29)39-34-18-16-22(20-30(34)35)24-10-6-12-28-26-8-2-4-14-32(26)41-37(24)28/h1-20H. The maximum absolute atomic E-state index is 14.1. The second-order valence-electron chi connectivity index (χ2n) is 10.4. The molecule has 0 aliphatic rings. The van der Waals surface area contributed by atoms with Crippen molar-refractivity contribution in [2.75, 3.05) is 0 Å². The van der Waals surface area contributed by atoms with Crippen LogP contribution in [0.2, 0.25) is 0 Å². The largest absolute Gasteiger partial charge is 0.289 e. The van der Waals surface area contributed by atoms with Crippen LogP contribution in [0.5, 0.6) is 0 Å². The van der Waals surface area contributed by atoms with Crippen LogP contribution in [0.3, 0.4) is 0 Å². The molecule has 3 aromatic heterocycles. The van der Waals surface area contributed by atoms with Crippen molar-refractivity contribution in [2.24, 2.45) is 0 Å². The van der Waals surface area contributed by atoms with Crippen molar-refractivity contribution in [3.63, 3.8) is 0 Å². The Morgan fingerprint density at radius 3 is 1.32 bits per heavy atom. The lowest BCUT2D eigenvalue weighted by molar-refractivity contribution is 1.70. The first-order chi connectivity index (χ1) is 20.2. The minimum Gasteiger partial charge on any atom is -0.289 e. The lowest BCUT2D eigenvalue weighted by Gasteiger charge is -2.08. The highest BCUT2D eigenvalue weighted by atomic mass is 32.1. The van der Waals surface area contributed by atoms with Crippen LogP contribution in [-0.4, -0.2) is 0 Å². The van der Waals surface area contributed by atoms with Crippen LogP contribution in [0.15, 0.2) is 126 Å². The Kier molecular flexibility index (Phi) is 5.03. The van der Waals surface area contributed by atoms with Crippen LogP contribution in [-0.2, 0) is 0 Å². The topological polar surface area (TPSA) is 17.1 Å². The van der Waals surface area contributed by atoms with Crippen molar-refractivity contribution in [3.8, 4) is 22.3 Å². The number of rotatable bonds is 2. The Morgan fingerprint density at radius 2 is 0.805 bits per heavy atom. The Bertz CT molecular complexity index is 2390. The van der Waals surface area contributed by atoms with E-state index >= 15 is 0 Å². The van der Waals surface area contributed by atoms with Gasteiger partial charge in [-0.2, -0.15) is 0 Å². The highest BCUT2D eigenvalue weighted by molar-refractivity contribution is 7.27. The number of fused-ring (bicyclic) bond motifs is 8. The summed E-state index contributed by atoms with van der Waals surface area (Å²) < 4.78 is 7.15. The minimum absolute atomic E-state index is 0.101. The Balaban J connectivity index is 1.25. The van der Waals surface area contributed by atoms with E-state index in [2.05, 4.69) is 121 Å². The molecule has 9 aromatic rings. The second kappa shape index (κ2) is 8.82. The maximum atomic E-state index is 14.1. The molecule has 9 rings (SSSR count). The predicted octanol–water partition coefficient (Wildman–Crippen LogP) is 11.5. The molecule has 0 saturated carbocycles. The van der Waals surface area contributed by atoms with Gasteiger partial charge in [-0.05, 0) is 58.7 Å². The number of benzene rings is 6. The smallest absolute Gasteiger partial charge is 0.195 e. The molecule has 0 bridgehead atoms. The summed E-state index contributed by atoms with van der Waals surface area (Å²) in [6.45, 7) is 0. The van der Waals surface area contributed by atoms with Crippen molar-refractivity contribution in [2.45, 2.75) is 0 Å². The van der Waals surface area contributed by atoms with Crippen molar-refractivity contribution in [3.05, 3.63) is 132 Å². The lowest BCUT2D eigenvalue weighted by atomic mass is 10.00. The molecule has 0 amide bonds. The Morgan fingerprint density at radius 1 is 0.366 bits per heavy atom. The van der Waals surface area contributed by atoms with E-state index in [9.17, 15) is 4.79 Å². The molecule has 0 spiro atoms. The summed E-state index contributed by atoms with van der Waals surface area (Å²) in [5.74, 6) is 0. The highest BCUT2D eigenvalue weighted by Crippen LogP contribution is 2.42. The molecule has 0 unspecified atom stereocenters. The number of hydrogen-bond donors (Lipinski definition) is 0. The molecule has 0 fully saturated rings. The van der Waals surface area contributed by atoms with E-state index in [-0.39, 0.29) is 5.43 Å². The fourth-order valence-electron chi connectivity index (χ4n) is 6.14. The van der Waals surface area contributed by atoms with Crippen molar-refractivity contribution in [1.82, 2.24) is 0 Å². The van der Waals surface area contributed by atoms with Gasteiger partial charge >= 0.3 is 0 Å². The van der Waals surface area contributed by atoms with Crippen LogP contribution in [0.1, 0.15) is 0 Å². The lowest BCUT2D eigenvalue weighted by Crippen LogP contribution is -2.01. The molecule has 3 heterocycles. The molecule has 0 aliphatic heterocycles. The summed E-state index contributed by atoms with van der Waals surface area (Å²) in [5, 5.41) is 6.69. The molecule has 1 nitrogen and oxygen atoms in total. The summed E-state index contributed by atoms with van der Waals surface area (Å²) in [6, 6.07) is 42.9. The third-order valence-electron chi connectivity index (χ3n) is 8.10. The van der Waals surface area contributed by atoms with Crippen molar-refractivity contribution < 1.29 is 0 Å².